The van der Waals surface area contributed by atoms with Crippen LogP contribution < -0.4 is 0 Å². The standard InChI is InChI=1S/C19H21F3N2O3/c1-23-11-18(27-10-16(23)25)8-12-6-7-13(9-18)24(12)17(26)14-4-2-3-5-15(14)19(20,21)22/h2-5,12-13H,6-11H2,1H3. The van der Waals surface area contributed by atoms with Crippen molar-refractivity contribution in [2.75, 3.05) is 20.2 Å². The first-order chi connectivity index (χ1) is 12.7. The summed E-state index contributed by atoms with van der Waals surface area (Å²) in [5.41, 5.74) is -1.70. The Bertz CT molecular complexity index is 766. The van der Waals surface area contributed by atoms with Crippen molar-refractivity contribution in [1.29, 1.82) is 0 Å². The number of carbonyl (C=O) groups is 2. The van der Waals surface area contributed by atoms with Crippen LogP contribution in [-0.4, -0.2) is 59.5 Å². The third-order valence-electron chi connectivity index (χ3n) is 5.99. The molecule has 3 aliphatic heterocycles. The van der Waals surface area contributed by atoms with Gasteiger partial charge < -0.3 is 14.5 Å². The largest absolute Gasteiger partial charge is 0.417 e. The van der Waals surface area contributed by atoms with Crippen molar-refractivity contribution in [1.82, 2.24) is 9.80 Å². The minimum Gasteiger partial charge on any atom is -0.363 e. The molecule has 2 atom stereocenters. The Morgan fingerprint density at radius 3 is 2.41 bits per heavy atom. The second kappa shape index (κ2) is 6.22. The minimum absolute atomic E-state index is 0.0147. The second-order valence-corrected chi connectivity index (χ2v) is 7.77. The van der Waals surface area contributed by atoms with E-state index >= 15 is 0 Å². The van der Waals surface area contributed by atoms with E-state index in [9.17, 15) is 22.8 Å². The van der Waals surface area contributed by atoms with E-state index in [4.69, 9.17) is 4.74 Å². The van der Waals surface area contributed by atoms with E-state index in [-0.39, 0.29) is 30.2 Å². The van der Waals surface area contributed by atoms with Crippen LogP contribution in [0.3, 0.4) is 0 Å². The number of halogens is 3. The van der Waals surface area contributed by atoms with Crippen molar-refractivity contribution in [3.8, 4) is 0 Å². The van der Waals surface area contributed by atoms with E-state index < -0.39 is 23.2 Å². The average Bonchev–Trinajstić information content (AvgIpc) is 2.89. The zero-order valence-electron chi connectivity index (χ0n) is 15.0. The van der Waals surface area contributed by atoms with Crippen LogP contribution in [0.25, 0.3) is 0 Å². The number of likely N-dealkylation sites (N-methyl/N-ethyl adjacent to an activating group) is 1. The molecule has 0 aromatic heterocycles. The Hall–Kier alpha value is -2.09. The summed E-state index contributed by atoms with van der Waals surface area (Å²) in [6, 6.07) is 4.62. The number of morpholine rings is 1. The molecule has 5 nitrogen and oxygen atoms in total. The van der Waals surface area contributed by atoms with Crippen LogP contribution in [0.15, 0.2) is 24.3 Å². The maximum absolute atomic E-state index is 13.3. The predicted molar refractivity (Wildman–Crippen MR) is 90.0 cm³/mol. The molecule has 2 bridgehead atoms. The molecule has 1 spiro atoms. The molecular weight excluding hydrogens is 361 g/mol. The Morgan fingerprint density at radius 2 is 1.81 bits per heavy atom. The molecule has 3 aliphatic rings. The van der Waals surface area contributed by atoms with Crippen LogP contribution in [0.1, 0.15) is 41.6 Å². The first-order valence-electron chi connectivity index (χ1n) is 9.07. The van der Waals surface area contributed by atoms with E-state index in [0.717, 1.165) is 18.9 Å². The van der Waals surface area contributed by atoms with Gasteiger partial charge in [-0.1, -0.05) is 12.1 Å². The second-order valence-electron chi connectivity index (χ2n) is 7.77. The Labute approximate surface area is 155 Å². The zero-order chi connectivity index (χ0) is 19.4. The van der Waals surface area contributed by atoms with Crippen LogP contribution in [0, 0.1) is 0 Å². The molecule has 2 amide bonds. The van der Waals surface area contributed by atoms with Gasteiger partial charge in [0, 0.05) is 25.7 Å². The minimum atomic E-state index is -4.57. The molecule has 0 aliphatic carbocycles. The Morgan fingerprint density at radius 1 is 1.19 bits per heavy atom. The molecule has 4 rings (SSSR count). The Balaban J connectivity index is 1.59. The lowest BCUT2D eigenvalue weighted by Gasteiger charge is -2.49. The molecule has 8 heteroatoms. The number of benzene rings is 1. The molecule has 1 aromatic rings. The number of piperidine rings is 1. The molecule has 2 unspecified atom stereocenters. The van der Waals surface area contributed by atoms with Gasteiger partial charge >= 0.3 is 6.18 Å². The number of ether oxygens (including phenoxy) is 1. The van der Waals surface area contributed by atoms with Gasteiger partial charge in [-0.05, 0) is 37.8 Å². The first-order valence-corrected chi connectivity index (χ1v) is 9.07. The number of amides is 2. The molecule has 146 valence electrons. The number of alkyl halides is 3. The molecule has 27 heavy (non-hydrogen) atoms. The molecule has 1 aromatic carbocycles. The predicted octanol–water partition coefficient (Wildman–Crippen LogP) is 2.70. The molecule has 0 N–H and O–H groups in total. The average molecular weight is 382 g/mol. The lowest BCUT2D eigenvalue weighted by Crippen LogP contribution is -2.61. The summed E-state index contributed by atoms with van der Waals surface area (Å²) in [5.74, 6) is -0.643. The van der Waals surface area contributed by atoms with Gasteiger partial charge in [0.05, 0.1) is 16.7 Å². The normalized spacial score (nSPS) is 30.9. The highest BCUT2D eigenvalue weighted by atomic mass is 19.4. The molecule has 3 fully saturated rings. The van der Waals surface area contributed by atoms with Gasteiger partial charge in [-0.3, -0.25) is 9.59 Å². The van der Waals surface area contributed by atoms with Crippen LogP contribution in [0.4, 0.5) is 13.2 Å². The van der Waals surface area contributed by atoms with Gasteiger partial charge in [-0.15, -0.1) is 0 Å². The summed E-state index contributed by atoms with van der Waals surface area (Å²) in [6.07, 6.45) is -2.00. The fourth-order valence-corrected chi connectivity index (χ4v) is 4.83. The summed E-state index contributed by atoms with van der Waals surface area (Å²) in [6.45, 7) is 0.473. The zero-order valence-corrected chi connectivity index (χ0v) is 15.0. The highest BCUT2D eigenvalue weighted by Crippen LogP contribution is 2.45. The maximum atomic E-state index is 13.3. The van der Waals surface area contributed by atoms with Crippen molar-refractivity contribution in [3.05, 3.63) is 35.4 Å². The van der Waals surface area contributed by atoms with E-state index in [2.05, 4.69) is 0 Å². The summed E-state index contributed by atoms with van der Waals surface area (Å²) in [5, 5.41) is 0. The highest BCUT2D eigenvalue weighted by Gasteiger charge is 2.53. The van der Waals surface area contributed by atoms with E-state index in [1.54, 1.807) is 16.8 Å². The van der Waals surface area contributed by atoms with Gasteiger partial charge in [0.2, 0.25) is 5.91 Å². The van der Waals surface area contributed by atoms with Crippen LogP contribution in [0.5, 0.6) is 0 Å². The number of carbonyl (C=O) groups excluding carboxylic acids is 2. The third kappa shape index (κ3) is 3.09. The van der Waals surface area contributed by atoms with Crippen molar-refractivity contribution in [2.45, 2.75) is 49.5 Å². The van der Waals surface area contributed by atoms with E-state index in [1.165, 1.54) is 18.2 Å². The quantitative estimate of drug-likeness (QED) is 0.751. The number of rotatable bonds is 1. The molecular formula is C19H21F3N2O3. The topological polar surface area (TPSA) is 49.9 Å². The van der Waals surface area contributed by atoms with Crippen molar-refractivity contribution < 1.29 is 27.5 Å². The number of nitrogens with zero attached hydrogens (tertiary/aromatic N) is 2. The molecule has 0 saturated carbocycles. The van der Waals surface area contributed by atoms with Gasteiger partial charge in [0.25, 0.3) is 5.91 Å². The fourth-order valence-electron chi connectivity index (χ4n) is 4.83. The number of hydrogen-bond acceptors (Lipinski definition) is 3. The van der Waals surface area contributed by atoms with Crippen LogP contribution in [-0.2, 0) is 15.7 Å². The van der Waals surface area contributed by atoms with E-state index in [1.807, 2.05) is 0 Å². The van der Waals surface area contributed by atoms with Crippen molar-refractivity contribution >= 4 is 11.8 Å². The van der Waals surface area contributed by atoms with Gasteiger partial charge in [-0.2, -0.15) is 13.2 Å². The van der Waals surface area contributed by atoms with Crippen molar-refractivity contribution in [2.24, 2.45) is 0 Å². The fraction of sp³-hybridized carbons (Fsp3) is 0.579. The number of hydrogen-bond donors (Lipinski definition) is 0. The molecule has 3 heterocycles. The first kappa shape index (κ1) is 18.3. The van der Waals surface area contributed by atoms with Gasteiger partial charge in [-0.25, -0.2) is 0 Å². The number of fused-ring (bicyclic) bond motifs is 2. The maximum Gasteiger partial charge on any atom is 0.417 e. The van der Waals surface area contributed by atoms with Crippen LogP contribution >= 0.6 is 0 Å². The molecule has 3 saturated heterocycles. The van der Waals surface area contributed by atoms with Gasteiger partial charge in [0.1, 0.15) is 6.61 Å². The SMILES string of the molecule is CN1CC2(CC3CCC(C2)N3C(=O)c2ccccc2C(F)(F)F)OCC1=O. The van der Waals surface area contributed by atoms with Crippen molar-refractivity contribution in [3.63, 3.8) is 0 Å². The van der Waals surface area contributed by atoms with Crippen LogP contribution in [0.2, 0.25) is 0 Å². The lowest BCUT2D eigenvalue weighted by atomic mass is 9.84. The molecule has 0 radical (unpaired) electrons. The third-order valence-corrected chi connectivity index (χ3v) is 5.99. The summed E-state index contributed by atoms with van der Waals surface area (Å²) >= 11 is 0. The van der Waals surface area contributed by atoms with E-state index in [0.29, 0.717) is 19.4 Å². The summed E-state index contributed by atoms with van der Waals surface area (Å²) in [7, 11) is 1.73. The smallest absolute Gasteiger partial charge is 0.363 e. The highest BCUT2D eigenvalue weighted by molar-refractivity contribution is 5.96. The summed E-state index contributed by atoms with van der Waals surface area (Å²) < 4.78 is 45.8. The van der Waals surface area contributed by atoms with Gasteiger partial charge in [0.15, 0.2) is 0 Å². The lowest BCUT2D eigenvalue weighted by molar-refractivity contribution is -0.172. The monoisotopic (exact) mass is 382 g/mol. The summed E-state index contributed by atoms with van der Waals surface area (Å²) in [4.78, 5) is 28.0. The Kier molecular flexibility index (Phi) is 4.21.